The summed E-state index contributed by atoms with van der Waals surface area (Å²) in [4.78, 5) is 12.3. The minimum atomic E-state index is -0.231. The van der Waals surface area contributed by atoms with Crippen molar-refractivity contribution in [2.75, 3.05) is 7.11 Å². The van der Waals surface area contributed by atoms with Gasteiger partial charge in [0.15, 0.2) is 0 Å². The van der Waals surface area contributed by atoms with E-state index in [9.17, 15) is 4.79 Å². The summed E-state index contributed by atoms with van der Waals surface area (Å²) >= 11 is 4.94. The summed E-state index contributed by atoms with van der Waals surface area (Å²) in [6, 6.07) is 7.59. The summed E-state index contributed by atoms with van der Waals surface area (Å²) in [6.07, 6.45) is 3.50. The van der Waals surface area contributed by atoms with Crippen LogP contribution in [0.1, 0.15) is 36.8 Å². The Morgan fingerprint density at radius 1 is 1.50 bits per heavy atom. The first kappa shape index (κ1) is 14.9. The Kier molecular flexibility index (Phi) is 4.73. The molecule has 1 aromatic rings. The van der Waals surface area contributed by atoms with Gasteiger partial charge in [0.2, 0.25) is 5.91 Å². The Morgan fingerprint density at radius 2 is 2.25 bits per heavy atom. The summed E-state index contributed by atoms with van der Waals surface area (Å²) in [7, 11) is 1.68. The number of methoxy groups -OCH3 is 1. The molecule has 0 bridgehead atoms. The Bertz CT molecular complexity index is 507. The fraction of sp³-hybridized carbons (Fsp3) is 0.467. The summed E-state index contributed by atoms with van der Waals surface area (Å²) < 4.78 is 5.45. The predicted molar refractivity (Wildman–Crippen MR) is 82.4 cm³/mol. The molecule has 5 heteroatoms. The number of nitrogens with one attached hydrogen (secondary N) is 1. The molecule has 1 fully saturated rings. The zero-order valence-corrected chi connectivity index (χ0v) is 12.5. The summed E-state index contributed by atoms with van der Waals surface area (Å²) in [5, 5.41) is 2.92. The van der Waals surface area contributed by atoms with Gasteiger partial charge in [-0.1, -0.05) is 30.4 Å². The van der Waals surface area contributed by atoms with Crippen molar-refractivity contribution in [3.63, 3.8) is 0 Å². The largest absolute Gasteiger partial charge is 0.389 e. The molecule has 0 aliphatic heterocycles. The van der Waals surface area contributed by atoms with E-state index in [1.54, 1.807) is 7.11 Å². The Balaban J connectivity index is 1.87. The second-order valence-corrected chi connectivity index (χ2v) is 5.70. The molecular weight excluding hydrogens is 272 g/mol. The molecule has 1 amide bonds. The van der Waals surface area contributed by atoms with E-state index in [1.807, 2.05) is 24.3 Å². The molecule has 20 heavy (non-hydrogen) atoms. The topological polar surface area (TPSA) is 64.3 Å². The van der Waals surface area contributed by atoms with E-state index in [0.29, 0.717) is 18.0 Å². The summed E-state index contributed by atoms with van der Waals surface area (Å²) in [5.74, 6) is 0.0206. The van der Waals surface area contributed by atoms with Crippen LogP contribution in [0.4, 0.5) is 0 Å². The van der Waals surface area contributed by atoms with Crippen LogP contribution in [0, 0.1) is 0 Å². The quantitative estimate of drug-likeness (QED) is 0.786. The van der Waals surface area contributed by atoms with Crippen molar-refractivity contribution in [2.45, 2.75) is 37.8 Å². The second kappa shape index (κ2) is 6.33. The van der Waals surface area contributed by atoms with E-state index in [2.05, 4.69) is 5.32 Å². The van der Waals surface area contributed by atoms with Crippen LogP contribution < -0.4 is 11.1 Å². The fourth-order valence-electron chi connectivity index (χ4n) is 2.41. The number of ether oxygens (including phenoxy) is 1. The van der Waals surface area contributed by atoms with E-state index in [1.165, 1.54) is 0 Å². The van der Waals surface area contributed by atoms with Gasteiger partial charge in [-0.25, -0.2) is 0 Å². The van der Waals surface area contributed by atoms with Crippen LogP contribution >= 0.6 is 12.2 Å². The molecule has 2 rings (SSSR count). The lowest BCUT2D eigenvalue weighted by atomic mass is 9.77. The first-order valence-corrected chi connectivity index (χ1v) is 7.16. The third kappa shape index (κ3) is 3.55. The van der Waals surface area contributed by atoms with Crippen molar-refractivity contribution in [1.82, 2.24) is 5.32 Å². The van der Waals surface area contributed by atoms with Gasteiger partial charge in [0.05, 0.1) is 12.0 Å². The molecule has 0 atom stereocenters. The molecule has 1 saturated carbocycles. The molecule has 4 nitrogen and oxygen atoms in total. The van der Waals surface area contributed by atoms with Crippen molar-refractivity contribution < 1.29 is 9.53 Å². The van der Waals surface area contributed by atoms with Crippen LogP contribution in [0.5, 0.6) is 0 Å². The number of carbonyl (C=O) groups excluding carboxylic acids is 1. The van der Waals surface area contributed by atoms with Crippen LogP contribution in [-0.2, 0) is 16.1 Å². The average Bonchev–Trinajstić information content (AvgIpc) is 2.41. The molecule has 0 radical (unpaired) electrons. The van der Waals surface area contributed by atoms with Gasteiger partial charge in [0.1, 0.15) is 4.99 Å². The zero-order valence-electron chi connectivity index (χ0n) is 11.6. The smallest absolute Gasteiger partial charge is 0.223 e. The van der Waals surface area contributed by atoms with Crippen LogP contribution in [-0.4, -0.2) is 23.6 Å². The second-order valence-electron chi connectivity index (χ2n) is 5.26. The van der Waals surface area contributed by atoms with E-state index < -0.39 is 0 Å². The first-order chi connectivity index (χ1) is 9.54. The van der Waals surface area contributed by atoms with Crippen molar-refractivity contribution in [3.8, 4) is 0 Å². The van der Waals surface area contributed by atoms with Crippen molar-refractivity contribution in [2.24, 2.45) is 5.73 Å². The molecule has 0 saturated heterocycles. The van der Waals surface area contributed by atoms with Gasteiger partial charge in [0, 0.05) is 19.2 Å². The fourth-order valence-corrected chi connectivity index (χ4v) is 2.54. The number of hydrogen-bond donors (Lipinski definition) is 2. The lowest BCUT2D eigenvalue weighted by molar-refractivity contribution is -0.134. The van der Waals surface area contributed by atoms with Gasteiger partial charge >= 0.3 is 0 Å². The Morgan fingerprint density at radius 3 is 2.80 bits per heavy atom. The molecule has 108 valence electrons. The summed E-state index contributed by atoms with van der Waals surface area (Å²) in [5.41, 5.74) is 7.17. The number of nitrogens with two attached hydrogens (primary N) is 1. The van der Waals surface area contributed by atoms with Crippen LogP contribution in [0.15, 0.2) is 24.3 Å². The van der Waals surface area contributed by atoms with Crippen molar-refractivity contribution >= 4 is 23.1 Å². The predicted octanol–water partition coefficient (Wildman–Crippen LogP) is 1.90. The maximum absolute atomic E-state index is 12.0. The highest BCUT2D eigenvalue weighted by molar-refractivity contribution is 7.80. The van der Waals surface area contributed by atoms with Crippen molar-refractivity contribution in [1.29, 1.82) is 0 Å². The van der Waals surface area contributed by atoms with Crippen molar-refractivity contribution in [3.05, 3.63) is 35.4 Å². The van der Waals surface area contributed by atoms with E-state index in [0.717, 1.165) is 30.4 Å². The number of benzene rings is 1. The SMILES string of the molecule is COC1(CC(=O)NCc2cccc(C(N)=S)c2)CCC1. The lowest BCUT2D eigenvalue weighted by Crippen LogP contribution is -2.43. The van der Waals surface area contributed by atoms with Gasteiger partial charge < -0.3 is 15.8 Å². The van der Waals surface area contributed by atoms with Gasteiger partial charge in [0.25, 0.3) is 0 Å². The molecule has 1 aromatic carbocycles. The molecule has 0 spiro atoms. The summed E-state index contributed by atoms with van der Waals surface area (Å²) in [6.45, 7) is 0.481. The monoisotopic (exact) mass is 292 g/mol. The zero-order chi connectivity index (χ0) is 14.6. The number of rotatable bonds is 6. The lowest BCUT2D eigenvalue weighted by Gasteiger charge is -2.39. The maximum Gasteiger partial charge on any atom is 0.223 e. The maximum atomic E-state index is 12.0. The third-order valence-electron chi connectivity index (χ3n) is 3.88. The van der Waals surface area contributed by atoms with Crippen LogP contribution in [0.25, 0.3) is 0 Å². The van der Waals surface area contributed by atoms with Crippen LogP contribution in [0.3, 0.4) is 0 Å². The molecule has 0 aromatic heterocycles. The normalized spacial score (nSPS) is 16.2. The number of carbonyl (C=O) groups is 1. The molecular formula is C15H20N2O2S. The Hall–Kier alpha value is -1.46. The minimum absolute atomic E-state index is 0.0206. The molecule has 0 heterocycles. The molecule has 1 aliphatic rings. The highest BCUT2D eigenvalue weighted by Crippen LogP contribution is 2.37. The number of hydrogen-bond acceptors (Lipinski definition) is 3. The standard InChI is InChI=1S/C15H20N2O2S/c1-19-15(6-3-7-15)9-13(18)17-10-11-4-2-5-12(8-11)14(16)20/h2,4-5,8H,3,6-7,9-10H2,1H3,(H2,16,20)(H,17,18). The average molecular weight is 292 g/mol. The van der Waals surface area contributed by atoms with E-state index in [4.69, 9.17) is 22.7 Å². The van der Waals surface area contributed by atoms with Gasteiger partial charge in [-0.3, -0.25) is 4.79 Å². The molecule has 3 N–H and O–H groups in total. The van der Waals surface area contributed by atoms with E-state index >= 15 is 0 Å². The highest BCUT2D eigenvalue weighted by Gasteiger charge is 2.38. The van der Waals surface area contributed by atoms with E-state index in [-0.39, 0.29) is 11.5 Å². The first-order valence-electron chi connectivity index (χ1n) is 6.75. The third-order valence-corrected chi connectivity index (χ3v) is 4.12. The number of amides is 1. The minimum Gasteiger partial charge on any atom is -0.389 e. The highest BCUT2D eigenvalue weighted by atomic mass is 32.1. The molecule has 1 aliphatic carbocycles. The molecule has 0 unspecified atom stereocenters. The number of thiocarbonyl (C=S) groups is 1. The van der Waals surface area contributed by atoms with Gasteiger partial charge in [-0.2, -0.15) is 0 Å². The van der Waals surface area contributed by atoms with Gasteiger partial charge in [-0.15, -0.1) is 0 Å². The van der Waals surface area contributed by atoms with Crippen LogP contribution in [0.2, 0.25) is 0 Å². The van der Waals surface area contributed by atoms with Gasteiger partial charge in [-0.05, 0) is 30.9 Å². The Labute approximate surface area is 124 Å².